The second-order valence-electron chi connectivity index (χ2n) is 17.5. The summed E-state index contributed by atoms with van der Waals surface area (Å²) in [5, 5.41) is 15.4. The minimum Gasteiger partial charge on any atom is -0.0617 e. The maximum Gasteiger partial charge on any atom is -0.0544 e. The maximum absolute atomic E-state index is 2.53. The Balaban J connectivity index is 0.995. The first-order chi connectivity index (χ1) is 32.8. The van der Waals surface area contributed by atoms with Crippen molar-refractivity contribution < 1.29 is 0 Å². The van der Waals surface area contributed by atoms with Crippen LogP contribution < -0.4 is 0 Å². The smallest absolute Gasteiger partial charge is 0.0544 e. The first kappa shape index (κ1) is 37.4. The molecule has 1 nitrogen and oxygen atoms in total. The topological polar surface area (TPSA) is 4.93 Å². The first-order valence-electron chi connectivity index (χ1n) is 22.8. The molecule has 306 valence electrons. The molecule has 0 radical (unpaired) electrons. The van der Waals surface area contributed by atoms with Crippen molar-refractivity contribution in [3.05, 3.63) is 237 Å². The van der Waals surface area contributed by atoms with Crippen molar-refractivity contribution in [2.75, 3.05) is 0 Å². The maximum atomic E-state index is 2.53. The van der Waals surface area contributed by atoms with E-state index in [4.69, 9.17) is 0 Å². The van der Waals surface area contributed by atoms with Gasteiger partial charge in [-0.15, -0.1) is 0 Å². The molecule has 0 fully saturated rings. The third-order valence-electron chi connectivity index (χ3n) is 14.0. The van der Waals surface area contributed by atoms with Crippen molar-refractivity contribution in [3.8, 4) is 50.2 Å². The van der Waals surface area contributed by atoms with Crippen molar-refractivity contribution in [3.63, 3.8) is 0 Å². The van der Waals surface area contributed by atoms with Gasteiger partial charge in [0.25, 0.3) is 0 Å². The van der Waals surface area contributed by atoms with Crippen molar-refractivity contribution in [1.29, 1.82) is 0 Å². The molecule has 0 saturated carbocycles. The summed E-state index contributed by atoms with van der Waals surface area (Å²) in [7, 11) is 0. The second kappa shape index (κ2) is 14.8. The van der Waals surface area contributed by atoms with Gasteiger partial charge in [-0.2, -0.15) is 0 Å². The second-order valence-corrected chi connectivity index (χ2v) is 19.7. The predicted octanol–water partition coefficient (Wildman–Crippen LogP) is 17.4. The van der Waals surface area contributed by atoms with Crippen LogP contribution in [0.3, 0.4) is 0 Å². The van der Waals surface area contributed by atoms with Crippen LogP contribution in [0, 0.1) is 0 Å². The summed E-state index contributed by atoms with van der Waals surface area (Å²) in [5.41, 5.74) is 13.9. The van der Waals surface area contributed by atoms with Crippen molar-refractivity contribution in [1.82, 2.24) is 4.57 Å². The van der Waals surface area contributed by atoms with E-state index in [1.54, 1.807) is 0 Å². The zero-order valence-electron chi connectivity index (χ0n) is 35.9. The van der Waals surface area contributed by atoms with Gasteiger partial charge in [-0.1, -0.05) is 30.3 Å². The van der Waals surface area contributed by atoms with Gasteiger partial charge in [0.1, 0.15) is 0 Å². The summed E-state index contributed by atoms with van der Waals surface area (Å²) in [6, 6.07) is 88.1. The zero-order valence-corrected chi connectivity index (χ0v) is 37.6. The van der Waals surface area contributed by atoms with Crippen LogP contribution in [0.15, 0.2) is 237 Å². The van der Waals surface area contributed by atoms with E-state index < -0.39 is 0 Å². The molecule has 0 N–H and O–H groups in total. The summed E-state index contributed by atoms with van der Waals surface area (Å²) < 4.78 is 5.43. The summed E-state index contributed by atoms with van der Waals surface area (Å²) >= 11 is 0.0880. The quantitative estimate of drug-likeness (QED) is 0.120. The van der Waals surface area contributed by atoms with Gasteiger partial charge in [0.2, 0.25) is 0 Å². The van der Waals surface area contributed by atoms with Crippen LogP contribution in [0.2, 0.25) is 0 Å². The average molecular weight is 901 g/mol. The van der Waals surface area contributed by atoms with Gasteiger partial charge >= 0.3 is 354 Å². The van der Waals surface area contributed by atoms with Gasteiger partial charge in [0.05, 0.1) is 0 Å². The molecule has 2 aromatic heterocycles. The van der Waals surface area contributed by atoms with E-state index in [0.29, 0.717) is 0 Å². The summed E-state index contributed by atoms with van der Waals surface area (Å²) in [6.07, 6.45) is 0. The molecule has 0 aliphatic heterocycles. The minimum absolute atomic E-state index is 0.0880. The molecule has 0 saturated heterocycles. The number of aromatic nitrogens is 1. The Hall–Kier alpha value is -8.00. The van der Waals surface area contributed by atoms with Crippen LogP contribution in [-0.2, 0) is 0 Å². The summed E-state index contributed by atoms with van der Waals surface area (Å²) in [4.78, 5) is 0. The Kier molecular flexibility index (Phi) is 8.37. The number of benzene rings is 12. The predicted molar refractivity (Wildman–Crippen MR) is 285 cm³/mol. The molecular formula is C64H39NSe. The molecule has 0 aliphatic rings. The number of hydrogen-bond donors (Lipinski definition) is 0. The Morgan fingerprint density at radius 1 is 0.258 bits per heavy atom. The molecule has 0 unspecified atom stereocenters. The standard InChI is InChI=1S/C64H39NSe/c1-3-18-40(19-4-1)42-35-37-58-56(38-42)44-22-15-16-33-57(44)65(58)63-52-29-13-11-27-50(52)61(51-28-12-14-30-53(51)63)43-34-36-45-54-31-17-32-55(64(54)66-59(45)39-43)62-48-25-9-7-23-46(48)60(41-20-5-2-6-21-41)47-24-8-10-26-49(47)62/h1-39H. The van der Waals surface area contributed by atoms with Crippen molar-refractivity contribution >= 4 is 98.7 Å². The molecule has 12 aromatic carbocycles. The molecule has 0 bridgehead atoms. The van der Waals surface area contributed by atoms with Crippen LogP contribution in [0.5, 0.6) is 0 Å². The Morgan fingerprint density at radius 3 is 1.36 bits per heavy atom. The van der Waals surface area contributed by atoms with Crippen LogP contribution in [0.25, 0.3) is 134 Å². The normalized spacial score (nSPS) is 11.9. The SMILES string of the molecule is c1ccc(-c2ccc3c(c2)c2ccccc2n3-c2c3ccccc3c(-c3ccc4c(c3)[se]c3c(-c5c6ccccc6c(-c6ccccc6)c6ccccc56)cccc34)c3ccccc23)cc1. The molecule has 0 spiro atoms. The van der Waals surface area contributed by atoms with Gasteiger partial charge in [-0.25, -0.2) is 0 Å². The van der Waals surface area contributed by atoms with Gasteiger partial charge in [-0.3, -0.25) is 0 Å². The van der Waals surface area contributed by atoms with E-state index in [2.05, 4.69) is 241 Å². The monoisotopic (exact) mass is 901 g/mol. The number of fused-ring (bicyclic) bond motifs is 10. The molecular weight excluding hydrogens is 862 g/mol. The fraction of sp³-hybridized carbons (Fsp3) is 0. The van der Waals surface area contributed by atoms with Crippen LogP contribution in [0.1, 0.15) is 0 Å². The number of rotatable bonds is 5. The molecule has 66 heavy (non-hydrogen) atoms. The number of hydrogen-bond acceptors (Lipinski definition) is 0. The van der Waals surface area contributed by atoms with Gasteiger partial charge in [0.15, 0.2) is 0 Å². The van der Waals surface area contributed by atoms with E-state index in [0.717, 1.165) is 0 Å². The fourth-order valence-corrected chi connectivity index (χ4v) is 13.8. The molecule has 0 atom stereocenters. The Morgan fingerprint density at radius 2 is 0.727 bits per heavy atom. The van der Waals surface area contributed by atoms with E-state index in [-0.39, 0.29) is 14.5 Å². The zero-order chi connectivity index (χ0) is 43.3. The van der Waals surface area contributed by atoms with Gasteiger partial charge < -0.3 is 0 Å². The van der Waals surface area contributed by atoms with E-state index in [9.17, 15) is 0 Å². The van der Waals surface area contributed by atoms with Crippen molar-refractivity contribution in [2.24, 2.45) is 0 Å². The van der Waals surface area contributed by atoms with E-state index in [1.165, 1.54) is 134 Å². The summed E-state index contributed by atoms with van der Waals surface area (Å²) in [5.74, 6) is 0. The third kappa shape index (κ3) is 5.53. The van der Waals surface area contributed by atoms with Crippen LogP contribution in [0.4, 0.5) is 0 Å². The molecule has 2 heteroatoms. The third-order valence-corrected chi connectivity index (χ3v) is 16.5. The van der Waals surface area contributed by atoms with Crippen LogP contribution >= 0.6 is 0 Å². The molecule has 0 aliphatic carbocycles. The van der Waals surface area contributed by atoms with E-state index >= 15 is 0 Å². The molecule has 0 amide bonds. The largest absolute Gasteiger partial charge is 0.0617 e. The van der Waals surface area contributed by atoms with Crippen molar-refractivity contribution in [2.45, 2.75) is 0 Å². The Labute approximate surface area is 387 Å². The molecule has 14 rings (SSSR count). The number of nitrogens with zero attached hydrogens (tertiary/aromatic N) is 1. The first-order valence-corrected chi connectivity index (χ1v) is 24.5. The van der Waals surface area contributed by atoms with Crippen LogP contribution in [-0.4, -0.2) is 19.1 Å². The minimum atomic E-state index is 0.0880. The van der Waals surface area contributed by atoms with Gasteiger partial charge in [-0.05, 0) is 5.56 Å². The van der Waals surface area contributed by atoms with E-state index in [1.807, 2.05) is 0 Å². The fourth-order valence-electron chi connectivity index (χ4n) is 11.2. The van der Waals surface area contributed by atoms with Gasteiger partial charge in [0, 0.05) is 0 Å². The number of para-hydroxylation sites is 1. The molecule has 14 aromatic rings. The average Bonchev–Trinajstić information content (AvgIpc) is 3.93. The molecule has 2 heterocycles. The Bertz CT molecular complexity index is 4160. The summed E-state index contributed by atoms with van der Waals surface area (Å²) in [6.45, 7) is 0.